The smallest absolute Gasteiger partial charge is 0.341 e. The number of carbonyl (C=O) groups is 1. The van der Waals surface area contributed by atoms with Gasteiger partial charge in [0.15, 0.2) is 6.61 Å². The lowest BCUT2D eigenvalue weighted by Gasteiger charge is -2.15. The monoisotopic (exact) mass is 328 g/mol. The van der Waals surface area contributed by atoms with Crippen molar-refractivity contribution in [1.29, 1.82) is 0 Å². The minimum absolute atomic E-state index is 0.0745. The van der Waals surface area contributed by atoms with E-state index in [0.29, 0.717) is 35.2 Å². The van der Waals surface area contributed by atoms with Crippen LogP contribution in [0.5, 0.6) is 5.75 Å². The average molecular weight is 328 g/mol. The van der Waals surface area contributed by atoms with Gasteiger partial charge in [-0.3, -0.25) is 9.36 Å². The van der Waals surface area contributed by atoms with Crippen molar-refractivity contribution in [2.24, 2.45) is 0 Å². The van der Waals surface area contributed by atoms with Crippen molar-refractivity contribution < 1.29 is 14.6 Å². The van der Waals surface area contributed by atoms with E-state index in [-0.39, 0.29) is 5.56 Å². The molecule has 24 heavy (non-hydrogen) atoms. The van der Waals surface area contributed by atoms with Gasteiger partial charge in [-0.05, 0) is 31.4 Å². The molecule has 0 saturated carbocycles. The summed E-state index contributed by atoms with van der Waals surface area (Å²) < 4.78 is 7.11. The molecule has 6 nitrogen and oxygen atoms in total. The lowest BCUT2D eigenvalue weighted by atomic mass is 10.0. The zero-order valence-corrected chi connectivity index (χ0v) is 13.5. The van der Waals surface area contributed by atoms with E-state index in [1.165, 1.54) is 0 Å². The molecule has 0 fully saturated rings. The average Bonchev–Trinajstić information content (AvgIpc) is 2.79. The van der Waals surface area contributed by atoms with Gasteiger partial charge in [0.2, 0.25) is 0 Å². The summed E-state index contributed by atoms with van der Waals surface area (Å²) in [6.07, 6.45) is 6.00. The van der Waals surface area contributed by atoms with Gasteiger partial charge < -0.3 is 9.84 Å². The third kappa shape index (κ3) is 3.04. The summed E-state index contributed by atoms with van der Waals surface area (Å²) >= 11 is 0. The summed E-state index contributed by atoms with van der Waals surface area (Å²) in [5.41, 5.74) is 1.21. The first-order valence-electron chi connectivity index (χ1n) is 8.12. The van der Waals surface area contributed by atoms with Gasteiger partial charge in [-0.25, -0.2) is 9.78 Å². The Morgan fingerprint density at radius 2 is 2.21 bits per heavy atom. The number of aliphatic carboxylic acids is 1. The second-order valence-electron chi connectivity index (χ2n) is 5.91. The Labute approximate surface area is 139 Å². The van der Waals surface area contributed by atoms with E-state index in [4.69, 9.17) is 9.84 Å². The molecule has 0 bridgehead atoms. The summed E-state index contributed by atoms with van der Waals surface area (Å²) in [6, 6.07) is 3.41. The Morgan fingerprint density at radius 3 is 2.96 bits per heavy atom. The highest BCUT2D eigenvalue weighted by Crippen LogP contribution is 2.27. The summed E-state index contributed by atoms with van der Waals surface area (Å²) in [4.78, 5) is 28.5. The third-order valence-electron chi connectivity index (χ3n) is 4.25. The van der Waals surface area contributed by atoms with E-state index < -0.39 is 12.6 Å². The van der Waals surface area contributed by atoms with Crippen LogP contribution in [0.2, 0.25) is 0 Å². The molecule has 0 radical (unpaired) electrons. The molecule has 0 aliphatic carbocycles. The van der Waals surface area contributed by atoms with Gasteiger partial charge in [-0.15, -0.1) is 6.58 Å². The number of allylic oxidation sites excluding steroid dienone is 1. The first-order chi connectivity index (χ1) is 11.6. The lowest BCUT2D eigenvalue weighted by molar-refractivity contribution is -0.139. The SMILES string of the molecule is C=CCc1c(OCC(=O)O)ccc2nc3n(c(=O)c12)CCCCC3. The zero-order chi connectivity index (χ0) is 17.1. The van der Waals surface area contributed by atoms with Crippen LogP contribution in [0.25, 0.3) is 10.9 Å². The van der Waals surface area contributed by atoms with Crippen LogP contribution in [0.1, 0.15) is 30.7 Å². The van der Waals surface area contributed by atoms with Gasteiger partial charge >= 0.3 is 5.97 Å². The summed E-state index contributed by atoms with van der Waals surface area (Å²) in [7, 11) is 0. The molecule has 1 aliphatic rings. The molecule has 2 aromatic rings. The van der Waals surface area contributed by atoms with Crippen molar-refractivity contribution in [1.82, 2.24) is 9.55 Å². The first-order valence-corrected chi connectivity index (χ1v) is 8.12. The number of carboxylic acids is 1. The normalized spacial score (nSPS) is 14.0. The zero-order valence-electron chi connectivity index (χ0n) is 13.5. The molecular formula is C18H20N2O4. The number of hydrogen-bond donors (Lipinski definition) is 1. The largest absolute Gasteiger partial charge is 0.482 e. The molecule has 6 heteroatoms. The highest BCUT2D eigenvalue weighted by molar-refractivity contribution is 5.84. The lowest BCUT2D eigenvalue weighted by Crippen LogP contribution is -2.25. The quantitative estimate of drug-likeness (QED) is 0.852. The second-order valence-corrected chi connectivity index (χ2v) is 5.91. The molecule has 0 amide bonds. The Kier molecular flexibility index (Phi) is 4.64. The predicted octanol–water partition coefficient (Wildman–Crippen LogP) is 2.31. The summed E-state index contributed by atoms with van der Waals surface area (Å²) in [5.74, 6) is 0.169. The fraction of sp³-hybridized carbons (Fsp3) is 0.389. The van der Waals surface area contributed by atoms with Gasteiger partial charge in [0, 0.05) is 18.5 Å². The van der Waals surface area contributed by atoms with Gasteiger partial charge in [0.05, 0.1) is 10.9 Å². The maximum Gasteiger partial charge on any atom is 0.341 e. The number of carboxylic acid groups (broad SMARTS) is 1. The molecule has 1 aromatic heterocycles. The van der Waals surface area contributed by atoms with E-state index in [1.54, 1.807) is 22.8 Å². The molecule has 3 rings (SSSR count). The van der Waals surface area contributed by atoms with E-state index in [0.717, 1.165) is 31.5 Å². The van der Waals surface area contributed by atoms with Crippen molar-refractivity contribution >= 4 is 16.9 Å². The van der Waals surface area contributed by atoms with Gasteiger partial charge in [-0.1, -0.05) is 12.5 Å². The van der Waals surface area contributed by atoms with Crippen LogP contribution in [0, 0.1) is 0 Å². The van der Waals surface area contributed by atoms with E-state index in [2.05, 4.69) is 11.6 Å². The maximum atomic E-state index is 13.0. The van der Waals surface area contributed by atoms with Crippen LogP contribution in [0.15, 0.2) is 29.6 Å². The predicted molar refractivity (Wildman–Crippen MR) is 90.6 cm³/mol. The van der Waals surface area contributed by atoms with Gasteiger partial charge in [-0.2, -0.15) is 0 Å². The fourth-order valence-corrected chi connectivity index (χ4v) is 3.17. The molecule has 1 N–H and O–H groups in total. The van der Waals surface area contributed by atoms with Gasteiger partial charge in [0.1, 0.15) is 11.6 Å². The first kappa shape index (κ1) is 16.2. The number of aromatic nitrogens is 2. The van der Waals surface area contributed by atoms with Crippen molar-refractivity contribution in [2.45, 2.75) is 38.6 Å². The van der Waals surface area contributed by atoms with Crippen LogP contribution >= 0.6 is 0 Å². The number of hydrogen-bond acceptors (Lipinski definition) is 4. The van der Waals surface area contributed by atoms with Crippen molar-refractivity contribution in [3.63, 3.8) is 0 Å². The van der Waals surface area contributed by atoms with Crippen LogP contribution in [0.4, 0.5) is 0 Å². The molecule has 0 unspecified atom stereocenters. The summed E-state index contributed by atoms with van der Waals surface area (Å²) in [6.45, 7) is 3.95. The Hall–Kier alpha value is -2.63. The van der Waals surface area contributed by atoms with Crippen molar-refractivity contribution in [2.75, 3.05) is 6.61 Å². The van der Waals surface area contributed by atoms with E-state index in [1.807, 2.05) is 0 Å². The Morgan fingerprint density at radius 1 is 1.38 bits per heavy atom. The highest BCUT2D eigenvalue weighted by atomic mass is 16.5. The van der Waals surface area contributed by atoms with E-state index >= 15 is 0 Å². The molecule has 0 saturated heterocycles. The number of aryl methyl sites for hydroxylation is 1. The minimum atomic E-state index is -1.06. The van der Waals surface area contributed by atoms with Crippen LogP contribution in [0.3, 0.4) is 0 Å². The number of benzene rings is 1. The number of ether oxygens (including phenoxy) is 1. The molecule has 2 heterocycles. The van der Waals surface area contributed by atoms with Crippen LogP contribution < -0.4 is 10.3 Å². The standard InChI is InChI=1S/C18H20N2O4/c1-2-6-12-14(24-11-16(21)22)9-8-13-17(12)18(23)20-10-5-3-4-7-15(20)19-13/h2,8-9H,1,3-7,10-11H2,(H,21,22). The third-order valence-corrected chi connectivity index (χ3v) is 4.25. The molecule has 1 aliphatic heterocycles. The topological polar surface area (TPSA) is 81.4 Å². The second kappa shape index (κ2) is 6.86. The number of nitrogens with zero attached hydrogens (tertiary/aromatic N) is 2. The Bertz CT molecular complexity index is 854. The van der Waals surface area contributed by atoms with Crippen molar-refractivity contribution in [3.05, 3.63) is 46.5 Å². The molecular weight excluding hydrogens is 308 g/mol. The number of fused-ring (bicyclic) bond motifs is 2. The Balaban J connectivity index is 2.21. The minimum Gasteiger partial charge on any atom is -0.482 e. The van der Waals surface area contributed by atoms with Crippen molar-refractivity contribution in [3.8, 4) is 5.75 Å². The van der Waals surface area contributed by atoms with Crippen LogP contribution in [-0.2, 0) is 24.2 Å². The maximum absolute atomic E-state index is 13.0. The van der Waals surface area contributed by atoms with Crippen LogP contribution in [-0.4, -0.2) is 27.2 Å². The summed E-state index contributed by atoms with van der Waals surface area (Å²) in [5, 5.41) is 9.33. The highest BCUT2D eigenvalue weighted by Gasteiger charge is 2.18. The number of rotatable bonds is 5. The molecule has 1 aromatic carbocycles. The van der Waals surface area contributed by atoms with E-state index in [9.17, 15) is 9.59 Å². The molecule has 126 valence electrons. The van der Waals surface area contributed by atoms with Gasteiger partial charge in [0.25, 0.3) is 5.56 Å². The molecule has 0 spiro atoms. The fourth-order valence-electron chi connectivity index (χ4n) is 3.17. The molecule has 0 atom stereocenters.